The topological polar surface area (TPSA) is 106 Å². The van der Waals surface area contributed by atoms with Crippen LogP contribution in [-0.2, 0) is 21.1 Å². The summed E-state index contributed by atoms with van der Waals surface area (Å²) in [7, 11) is -3.95. The van der Waals surface area contributed by atoms with Gasteiger partial charge >= 0.3 is 0 Å². The summed E-state index contributed by atoms with van der Waals surface area (Å²) in [6.07, 6.45) is -0.269. The van der Waals surface area contributed by atoms with Gasteiger partial charge in [-0.05, 0) is 29.8 Å². The molecule has 1 N–H and O–H groups in total. The molecule has 0 saturated carbocycles. The van der Waals surface area contributed by atoms with Crippen molar-refractivity contribution in [2.24, 2.45) is 0 Å². The quantitative estimate of drug-likeness (QED) is 0.326. The summed E-state index contributed by atoms with van der Waals surface area (Å²) in [4.78, 5) is 22.9. The second-order valence-corrected chi connectivity index (χ2v) is 8.90. The highest BCUT2D eigenvalue weighted by Gasteiger charge is 2.30. The van der Waals surface area contributed by atoms with Crippen molar-refractivity contribution in [3.05, 3.63) is 106 Å². The van der Waals surface area contributed by atoms with Crippen LogP contribution in [0.2, 0.25) is 0 Å². The van der Waals surface area contributed by atoms with Gasteiger partial charge < -0.3 is 5.32 Å². The number of carbonyl (C=O) groups excluding carboxylic acids is 1. The lowest BCUT2D eigenvalue weighted by Gasteiger charge is -2.19. The number of nitro benzene ring substituents is 1. The molecular weight excluding hydrogens is 423 g/mol. The SMILES string of the molecule is O=C(Cc1ccccc1[N+](=O)[O-])NCC(c1ccccc1)S(=O)(=O)c1ccc(F)cc1. The first-order chi connectivity index (χ1) is 14.8. The average molecular weight is 442 g/mol. The van der Waals surface area contributed by atoms with E-state index in [1.54, 1.807) is 36.4 Å². The number of rotatable bonds is 8. The summed E-state index contributed by atoms with van der Waals surface area (Å²) in [5.74, 6) is -1.11. The molecule has 3 aromatic carbocycles. The van der Waals surface area contributed by atoms with Crippen molar-refractivity contribution in [2.75, 3.05) is 6.54 Å². The molecule has 0 aromatic heterocycles. The third-order valence-electron chi connectivity index (χ3n) is 4.71. The number of benzene rings is 3. The summed E-state index contributed by atoms with van der Waals surface area (Å²) in [5.41, 5.74) is 0.497. The molecule has 1 amide bonds. The Morgan fingerprint density at radius 2 is 1.58 bits per heavy atom. The Hall–Kier alpha value is -3.59. The van der Waals surface area contributed by atoms with E-state index in [9.17, 15) is 27.7 Å². The number of nitrogens with one attached hydrogen (secondary N) is 1. The number of nitro groups is 1. The highest BCUT2D eigenvalue weighted by molar-refractivity contribution is 7.91. The second-order valence-electron chi connectivity index (χ2n) is 6.76. The predicted octanol–water partition coefficient (Wildman–Crippen LogP) is 3.61. The molecular formula is C22H19FN2O5S. The molecule has 0 spiro atoms. The van der Waals surface area contributed by atoms with Gasteiger partial charge in [0.05, 0.1) is 16.2 Å². The first kappa shape index (κ1) is 22.1. The molecule has 0 saturated heterocycles. The highest BCUT2D eigenvalue weighted by Crippen LogP contribution is 2.28. The molecule has 31 heavy (non-hydrogen) atoms. The van der Waals surface area contributed by atoms with Crippen LogP contribution in [0.25, 0.3) is 0 Å². The van der Waals surface area contributed by atoms with E-state index in [2.05, 4.69) is 5.32 Å². The maximum absolute atomic E-state index is 13.2. The van der Waals surface area contributed by atoms with E-state index in [0.29, 0.717) is 5.56 Å². The number of amides is 1. The standard InChI is InChI=1S/C22H19FN2O5S/c23-18-10-12-19(13-11-18)31(29,30)21(16-6-2-1-3-7-16)15-24-22(26)14-17-8-4-5-9-20(17)25(27)28/h1-13,21H,14-15H2,(H,24,26). The van der Waals surface area contributed by atoms with Crippen LogP contribution in [0.5, 0.6) is 0 Å². The number of hydrogen-bond acceptors (Lipinski definition) is 5. The summed E-state index contributed by atoms with van der Waals surface area (Å²) in [6.45, 7) is -0.247. The summed E-state index contributed by atoms with van der Waals surface area (Å²) >= 11 is 0. The summed E-state index contributed by atoms with van der Waals surface area (Å²) < 4.78 is 39.6. The Morgan fingerprint density at radius 1 is 0.968 bits per heavy atom. The predicted molar refractivity (Wildman–Crippen MR) is 113 cm³/mol. The van der Waals surface area contributed by atoms with Crippen molar-refractivity contribution in [1.29, 1.82) is 0 Å². The fourth-order valence-electron chi connectivity index (χ4n) is 3.14. The van der Waals surface area contributed by atoms with E-state index < -0.39 is 31.7 Å². The molecule has 3 aromatic rings. The van der Waals surface area contributed by atoms with Gasteiger partial charge in [0.15, 0.2) is 9.84 Å². The third kappa shape index (κ3) is 5.32. The maximum Gasteiger partial charge on any atom is 0.273 e. The van der Waals surface area contributed by atoms with E-state index in [1.807, 2.05) is 0 Å². The van der Waals surface area contributed by atoms with Crippen LogP contribution < -0.4 is 5.32 Å². The van der Waals surface area contributed by atoms with Gasteiger partial charge in [0.2, 0.25) is 5.91 Å². The van der Waals surface area contributed by atoms with Crippen LogP contribution in [0.1, 0.15) is 16.4 Å². The lowest BCUT2D eigenvalue weighted by atomic mass is 10.1. The van der Waals surface area contributed by atoms with Gasteiger partial charge in [-0.3, -0.25) is 14.9 Å². The number of carbonyl (C=O) groups is 1. The molecule has 3 rings (SSSR count). The average Bonchev–Trinajstić information content (AvgIpc) is 2.75. The van der Waals surface area contributed by atoms with Gasteiger partial charge in [0.1, 0.15) is 11.1 Å². The molecule has 1 unspecified atom stereocenters. The van der Waals surface area contributed by atoms with Crippen molar-refractivity contribution in [3.63, 3.8) is 0 Å². The lowest BCUT2D eigenvalue weighted by Crippen LogP contribution is -2.33. The number of nitrogens with zero attached hydrogens (tertiary/aromatic N) is 1. The number of sulfone groups is 1. The van der Waals surface area contributed by atoms with Crippen LogP contribution in [0.3, 0.4) is 0 Å². The van der Waals surface area contributed by atoms with E-state index in [4.69, 9.17) is 0 Å². The molecule has 0 heterocycles. The second kappa shape index (κ2) is 9.48. The zero-order chi connectivity index (χ0) is 22.4. The minimum absolute atomic E-state index is 0.0734. The summed E-state index contributed by atoms with van der Waals surface area (Å²) in [5, 5.41) is 12.6. The minimum Gasteiger partial charge on any atom is -0.354 e. The Morgan fingerprint density at radius 3 is 2.23 bits per heavy atom. The van der Waals surface area contributed by atoms with Crippen molar-refractivity contribution >= 4 is 21.4 Å². The normalized spacial score (nSPS) is 12.2. The van der Waals surface area contributed by atoms with Crippen LogP contribution in [-0.4, -0.2) is 25.8 Å². The van der Waals surface area contributed by atoms with Crippen molar-refractivity contribution in [1.82, 2.24) is 5.32 Å². The lowest BCUT2D eigenvalue weighted by molar-refractivity contribution is -0.385. The van der Waals surface area contributed by atoms with E-state index in [0.717, 1.165) is 12.1 Å². The van der Waals surface area contributed by atoms with Crippen LogP contribution in [0.4, 0.5) is 10.1 Å². The number of para-hydroxylation sites is 1. The van der Waals surface area contributed by atoms with Gasteiger partial charge in [-0.2, -0.15) is 0 Å². The zero-order valence-corrected chi connectivity index (χ0v) is 17.1. The van der Waals surface area contributed by atoms with Crippen molar-refractivity contribution in [2.45, 2.75) is 16.6 Å². The summed E-state index contributed by atoms with van der Waals surface area (Å²) in [6, 6.07) is 18.7. The molecule has 9 heteroatoms. The minimum atomic E-state index is -3.95. The van der Waals surface area contributed by atoms with E-state index in [1.165, 1.54) is 30.3 Å². The molecule has 0 aliphatic heterocycles. The number of halogens is 1. The molecule has 0 fully saturated rings. The smallest absolute Gasteiger partial charge is 0.273 e. The zero-order valence-electron chi connectivity index (χ0n) is 16.3. The first-order valence-corrected chi connectivity index (χ1v) is 10.9. The Balaban J connectivity index is 1.83. The van der Waals surface area contributed by atoms with Crippen LogP contribution >= 0.6 is 0 Å². The van der Waals surface area contributed by atoms with Crippen molar-refractivity contribution in [3.8, 4) is 0 Å². The molecule has 7 nitrogen and oxygen atoms in total. The van der Waals surface area contributed by atoms with Crippen molar-refractivity contribution < 1.29 is 22.5 Å². The highest BCUT2D eigenvalue weighted by atomic mass is 32.2. The Bertz CT molecular complexity index is 1180. The van der Waals surface area contributed by atoms with Gasteiger partial charge in [-0.25, -0.2) is 12.8 Å². The molecule has 0 bridgehead atoms. The van der Waals surface area contributed by atoms with E-state index in [-0.39, 0.29) is 29.1 Å². The largest absolute Gasteiger partial charge is 0.354 e. The monoisotopic (exact) mass is 442 g/mol. The van der Waals surface area contributed by atoms with E-state index >= 15 is 0 Å². The van der Waals surface area contributed by atoms with Gasteiger partial charge in [0.25, 0.3) is 5.69 Å². The number of hydrogen-bond donors (Lipinski definition) is 1. The Labute approximate surface area is 178 Å². The fourth-order valence-corrected chi connectivity index (χ4v) is 4.81. The Kier molecular flexibility index (Phi) is 6.76. The molecule has 0 aliphatic rings. The molecule has 1 atom stereocenters. The van der Waals surface area contributed by atoms with Gasteiger partial charge in [-0.15, -0.1) is 0 Å². The van der Waals surface area contributed by atoms with Gasteiger partial charge in [0, 0.05) is 18.2 Å². The fraction of sp³-hybridized carbons (Fsp3) is 0.136. The molecule has 0 aliphatic carbocycles. The maximum atomic E-state index is 13.2. The van der Waals surface area contributed by atoms with Gasteiger partial charge in [-0.1, -0.05) is 48.5 Å². The first-order valence-electron chi connectivity index (χ1n) is 9.32. The third-order valence-corrected chi connectivity index (χ3v) is 6.83. The molecule has 0 radical (unpaired) electrons. The van der Waals surface area contributed by atoms with Crippen LogP contribution in [0, 0.1) is 15.9 Å². The van der Waals surface area contributed by atoms with Crippen LogP contribution in [0.15, 0.2) is 83.8 Å². The molecule has 160 valence electrons.